The summed E-state index contributed by atoms with van der Waals surface area (Å²) in [6.45, 7) is 0. The molecule has 0 aliphatic rings. The minimum Gasteiger partial charge on any atom is -0.493 e. The van der Waals surface area contributed by atoms with E-state index < -0.39 is 52.3 Å². The summed E-state index contributed by atoms with van der Waals surface area (Å²) >= 11 is 0. The van der Waals surface area contributed by atoms with Gasteiger partial charge in [-0.3, -0.25) is 9.59 Å². The van der Waals surface area contributed by atoms with Crippen LogP contribution < -0.4 is 20.1 Å². The SMILES string of the molecule is CN/C=C\C(=C/C=O)NC(=O)c1c(Oc2ccc(F)cc2OC)cc(C(F)(F)F)cc1C(F)(F)F. The second-order valence-corrected chi connectivity index (χ2v) is 6.62. The highest BCUT2D eigenvalue weighted by molar-refractivity contribution is 6.00. The van der Waals surface area contributed by atoms with Crippen LogP contribution in [-0.2, 0) is 17.1 Å². The molecule has 35 heavy (non-hydrogen) atoms. The highest BCUT2D eigenvalue weighted by Crippen LogP contribution is 2.43. The summed E-state index contributed by atoms with van der Waals surface area (Å²) in [6.07, 6.45) is -7.28. The lowest BCUT2D eigenvalue weighted by atomic mass is 10.0. The summed E-state index contributed by atoms with van der Waals surface area (Å²) < 4.78 is 105. The first-order valence-corrected chi connectivity index (χ1v) is 9.46. The zero-order chi connectivity index (χ0) is 26.4. The van der Waals surface area contributed by atoms with Crippen molar-refractivity contribution in [3.05, 3.63) is 76.9 Å². The number of amides is 1. The van der Waals surface area contributed by atoms with Crippen molar-refractivity contribution in [2.75, 3.05) is 14.2 Å². The quantitative estimate of drug-likeness (QED) is 0.223. The molecule has 0 atom stereocenters. The van der Waals surface area contributed by atoms with Gasteiger partial charge in [-0.15, -0.1) is 0 Å². The van der Waals surface area contributed by atoms with Crippen molar-refractivity contribution in [3.63, 3.8) is 0 Å². The second kappa shape index (κ2) is 10.9. The Morgan fingerprint density at radius 3 is 2.20 bits per heavy atom. The molecule has 0 spiro atoms. The van der Waals surface area contributed by atoms with E-state index in [2.05, 4.69) is 5.32 Å². The summed E-state index contributed by atoms with van der Waals surface area (Å²) in [5.41, 5.74) is -5.30. The van der Waals surface area contributed by atoms with Gasteiger partial charge < -0.3 is 20.1 Å². The maximum Gasteiger partial charge on any atom is 0.417 e. The molecule has 6 nitrogen and oxygen atoms in total. The Morgan fingerprint density at radius 1 is 0.971 bits per heavy atom. The molecule has 0 unspecified atom stereocenters. The Morgan fingerprint density at radius 2 is 1.66 bits per heavy atom. The van der Waals surface area contributed by atoms with Crippen LogP contribution in [0.25, 0.3) is 0 Å². The molecule has 188 valence electrons. The molecule has 0 aromatic heterocycles. The maximum atomic E-state index is 13.8. The zero-order valence-electron chi connectivity index (χ0n) is 18.0. The predicted octanol–water partition coefficient (Wildman–Crippen LogP) is 5.21. The van der Waals surface area contributed by atoms with Gasteiger partial charge in [0.2, 0.25) is 0 Å². The van der Waals surface area contributed by atoms with E-state index in [0.29, 0.717) is 0 Å². The Kier molecular flexibility index (Phi) is 8.50. The lowest BCUT2D eigenvalue weighted by Crippen LogP contribution is -2.27. The fraction of sp³-hybridized carbons (Fsp3) is 0.182. The number of allylic oxidation sites excluding steroid dienone is 2. The van der Waals surface area contributed by atoms with Gasteiger partial charge in [-0.2, -0.15) is 26.3 Å². The molecule has 1 amide bonds. The Balaban J connectivity index is 2.79. The van der Waals surface area contributed by atoms with E-state index in [4.69, 9.17) is 9.47 Å². The molecule has 0 radical (unpaired) electrons. The van der Waals surface area contributed by atoms with Crippen molar-refractivity contribution in [1.82, 2.24) is 10.6 Å². The number of carbonyl (C=O) groups excluding carboxylic acids is 2. The van der Waals surface area contributed by atoms with Crippen LogP contribution >= 0.6 is 0 Å². The molecule has 2 rings (SSSR count). The van der Waals surface area contributed by atoms with Crippen molar-refractivity contribution < 1.29 is 49.8 Å². The Hall–Kier alpha value is -4.03. The van der Waals surface area contributed by atoms with E-state index in [0.717, 1.165) is 37.5 Å². The first-order chi connectivity index (χ1) is 16.3. The predicted molar refractivity (Wildman–Crippen MR) is 109 cm³/mol. The third kappa shape index (κ3) is 6.98. The van der Waals surface area contributed by atoms with Crippen LogP contribution in [0.2, 0.25) is 0 Å². The number of halogens is 7. The molecule has 0 aliphatic heterocycles. The fourth-order valence-electron chi connectivity index (χ4n) is 2.74. The van der Waals surface area contributed by atoms with Crippen LogP contribution in [0.4, 0.5) is 30.7 Å². The van der Waals surface area contributed by atoms with Gasteiger partial charge in [-0.1, -0.05) is 0 Å². The fourth-order valence-corrected chi connectivity index (χ4v) is 2.74. The van der Waals surface area contributed by atoms with E-state index in [-0.39, 0.29) is 29.9 Å². The van der Waals surface area contributed by atoms with Gasteiger partial charge in [0.25, 0.3) is 5.91 Å². The third-order valence-corrected chi connectivity index (χ3v) is 4.24. The molecule has 0 saturated carbocycles. The average molecular weight is 506 g/mol. The lowest BCUT2D eigenvalue weighted by Gasteiger charge is -2.20. The van der Waals surface area contributed by atoms with Crippen LogP contribution in [0.1, 0.15) is 21.5 Å². The van der Waals surface area contributed by atoms with Gasteiger partial charge in [-0.05, 0) is 36.5 Å². The standard InChI is InChI=1S/C22H17F7N2O4/c1-30-7-5-14(6-8-32)31-20(33)19-15(22(27,28)29)9-12(21(24,25)26)10-18(19)35-16-4-3-13(23)11-17(16)34-2/h3-11,30H,1-2H3,(H,31,33)/b7-5-,14-6+. The largest absolute Gasteiger partial charge is 0.493 e. The monoisotopic (exact) mass is 506 g/mol. The molecule has 13 heteroatoms. The number of aldehydes is 1. The molecular formula is C22H17F7N2O4. The minimum atomic E-state index is -5.42. The first kappa shape index (κ1) is 27.2. The summed E-state index contributed by atoms with van der Waals surface area (Å²) in [7, 11) is 2.52. The smallest absolute Gasteiger partial charge is 0.417 e. The normalized spacial score (nSPS) is 12.4. The van der Waals surface area contributed by atoms with Crippen molar-refractivity contribution in [2.24, 2.45) is 0 Å². The molecule has 2 aromatic carbocycles. The molecule has 2 aromatic rings. The number of carbonyl (C=O) groups is 2. The van der Waals surface area contributed by atoms with Gasteiger partial charge in [-0.25, -0.2) is 4.39 Å². The highest BCUT2D eigenvalue weighted by atomic mass is 19.4. The average Bonchev–Trinajstić information content (AvgIpc) is 2.76. The summed E-state index contributed by atoms with van der Waals surface area (Å²) in [6, 6.07) is 2.46. The molecule has 0 heterocycles. The second-order valence-electron chi connectivity index (χ2n) is 6.62. The van der Waals surface area contributed by atoms with Crippen molar-refractivity contribution >= 4 is 12.2 Å². The number of ether oxygens (including phenoxy) is 2. The van der Waals surface area contributed by atoms with E-state index in [1.165, 1.54) is 13.2 Å². The van der Waals surface area contributed by atoms with E-state index in [9.17, 15) is 40.3 Å². The highest BCUT2D eigenvalue weighted by Gasteiger charge is 2.42. The summed E-state index contributed by atoms with van der Waals surface area (Å²) in [5, 5.41) is 4.54. The van der Waals surface area contributed by atoms with Crippen LogP contribution in [-0.4, -0.2) is 26.4 Å². The van der Waals surface area contributed by atoms with E-state index in [1.54, 1.807) is 0 Å². The van der Waals surface area contributed by atoms with Gasteiger partial charge in [0.1, 0.15) is 17.9 Å². The van der Waals surface area contributed by atoms with Crippen LogP contribution in [0.5, 0.6) is 17.2 Å². The Bertz CT molecular complexity index is 1160. The molecule has 2 N–H and O–H groups in total. The number of benzene rings is 2. The van der Waals surface area contributed by atoms with Crippen LogP contribution in [0, 0.1) is 5.82 Å². The minimum absolute atomic E-state index is 0.194. The van der Waals surface area contributed by atoms with Gasteiger partial charge in [0.05, 0.1) is 23.8 Å². The number of alkyl halides is 6. The van der Waals surface area contributed by atoms with Gasteiger partial charge >= 0.3 is 12.4 Å². The van der Waals surface area contributed by atoms with Gasteiger partial charge in [0.15, 0.2) is 11.5 Å². The maximum absolute atomic E-state index is 13.8. The molecule has 0 aliphatic carbocycles. The topological polar surface area (TPSA) is 76.7 Å². The van der Waals surface area contributed by atoms with Crippen molar-refractivity contribution in [2.45, 2.75) is 12.4 Å². The number of rotatable bonds is 8. The molecule has 0 bridgehead atoms. The van der Waals surface area contributed by atoms with E-state index >= 15 is 0 Å². The first-order valence-electron chi connectivity index (χ1n) is 9.46. The lowest BCUT2D eigenvalue weighted by molar-refractivity contribution is -0.143. The summed E-state index contributed by atoms with van der Waals surface area (Å²) in [4.78, 5) is 23.7. The van der Waals surface area contributed by atoms with Crippen LogP contribution in [0.15, 0.2) is 54.4 Å². The number of methoxy groups -OCH3 is 1. The zero-order valence-corrected chi connectivity index (χ0v) is 18.0. The third-order valence-electron chi connectivity index (χ3n) is 4.24. The molecular weight excluding hydrogens is 489 g/mol. The Labute approximate surface area is 194 Å². The number of hydrogen-bond acceptors (Lipinski definition) is 5. The molecule has 0 saturated heterocycles. The van der Waals surface area contributed by atoms with Crippen molar-refractivity contribution in [1.29, 1.82) is 0 Å². The number of nitrogens with one attached hydrogen (secondary N) is 2. The van der Waals surface area contributed by atoms with E-state index in [1.807, 2.05) is 5.32 Å². The van der Waals surface area contributed by atoms with Crippen molar-refractivity contribution in [3.8, 4) is 17.2 Å². The molecule has 0 fully saturated rings. The van der Waals surface area contributed by atoms with Gasteiger partial charge in [0, 0.05) is 24.9 Å². The summed E-state index contributed by atoms with van der Waals surface area (Å²) in [5.74, 6) is -4.32. The van der Waals surface area contributed by atoms with Crippen LogP contribution in [0.3, 0.4) is 0 Å². The number of hydrogen-bond donors (Lipinski definition) is 2.